The van der Waals surface area contributed by atoms with Crippen LogP contribution in [0.4, 0.5) is 9.59 Å². The van der Waals surface area contributed by atoms with Gasteiger partial charge in [-0.25, -0.2) is 9.59 Å². The van der Waals surface area contributed by atoms with Gasteiger partial charge >= 0.3 is 30.1 Å². The Morgan fingerprint density at radius 2 is 1.07 bits per heavy atom. The number of ether oxygens (including phenoxy) is 4. The highest BCUT2D eigenvalue weighted by Gasteiger charge is 2.17. The van der Waals surface area contributed by atoms with Gasteiger partial charge < -0.3 is 51.3 Å². The number of alkyl carbamates (subject to hydrolysis) is 2. The fraction of sp³-hybridized carbons (Fsp3) is 0.815. The van der Waals surface area contributed by atoms with Crippen LogP contribution < -0.4 is 22.1 Å². The van der Waals surface area contributed by atoms with Crippen molar-refractivity contribution in [2.75, 3.05) is 26.2 Å². The molecule has 8 N–H and O–H groups in total. The number of nitrogens with two attached hydrogens (primary N) is 2. The Bertz CT molecular complexity index is 776. The van der Waals surface area contributed by atoms with Crippen molar-refractivity contribution >= 4 is 54.9 Å². The summed E-state index contributed by atoms with van der Waals surface area (Å²) in [5.41, 5.74) is 9.11. The molecule has 0 saturated carbocycles. The van der Waals surface area contributed by atoms with Crippen molar-refractivity contribution in [1.82, 2.24) is 10.6 Å². The zero-order chi connectivity index (χ0) is 34.1. The molecule has 266 valence electrons. The maximum absolute atomic E-state index is 11.2. The SMILES string of the molecule is CC(CN)OC(=O)CN.CC(O)CNC(=O)OC(C)(C)C.CCC(=O)O.CCC(=O)OC(C)CNC(=O)OC(C)(C)C.Cl.Cl. The number of carbonyl (C=O) groups is 5. The van der Waals surface area contributed by atoms with Crippen molar-refractivity contribution < 1.29 is 53.1 Å². The van der Waals surface area contributed by atoms with Gasteiger partial charge in [-0.2, -0.15) is 0 Å². The number of carboxylic acid groups (broad SMARTS) is 1. The Hall–Kier alpha value is -2.59. The van der Waals surface area contributed by atoms with E-state index in [-0.39, 0.29) is 69.0 Å². The Balaban J connectivity index is -0.000000115. The lowest BCUT2D eigenvalue weighted by Crippen LogP contribution is -2.37. The zero-order valence-corrected chi connectivity index (χ0v) is 29.6. The Labute approximate surface area is 274 Å². The number of esters is 2. The normalized spacial score (nSPS) is 11.9. The first-order chi connectivity index (χ1) is 19.0. The van der Waals surface area contributed by atoms with E-state index in [1.165, 1.54) is 0 Å². The van der Waals surface area contributed by atoms with Crippen molar-refractivity contribution in [3.8, 4) is 0 Å². The summed E-state index contributed by atoms with van der Waals surface area (Å²) < 4.78 is 19.6. The van der Waals surface area contributed by atoms with Gasteiger partial charge in [0.2, 0.25) is 0 Å². The van der Waals surface area contributed by atoms with Crippen LogP contribution in [0, 0.1) is 0 Å². The number of carbonyl (C=O) groups excluding carboxylic acids is 4. The molecule has 0 aromatic heterocycles. The smallest absolute Gasteiger partial charge is 0.407 e. The number of hydrogen-bond acceptors (Lipinski definition) is 12. The summed E-state index contributed by atoms with van der Waals surface area (Å²) in [6.07, 6.45) is -1.56. The summed E-state index contributed by atoms with van der Waals surface area (Å²) in [6, 6.07) is 0. The lowest BCUT2D eigenvalue weighted by atomic mass is 10.2. The molecule has 0 aliphatic rings. The molecule has 0 rings (SSSR count). The largest absolute Gasteiger partial charge is 0.481 e. The van der Waals surface area contributed by atoms with Crippen LogP contribution in [-0.2, 0) is 33.3 Å². The van der Waals surface area contributed by atoms with Crippen molar-refractivity contribution in [1.29, 1.82) is 0 Å². The van der Waals surface area contributed by atoms with Crippen LogP contribution in [0.5, 0.6) is 0 Å². The molecule has 0 aromatic carbocycles. The van der Waals surface area contributed by atoms with Gasteiger partial charge in [-0.15, -0.1) is 24.8 Å². The van der Waals surface area contributed by atoms with Gasteiger partial charge in [0.05, 0.1) is 19.2 Å². The lowest BCUT2D eigenvalue weighted by molar-refractivity contribution is -0.148. The minimum absolute atomic E-state index is 0. The Morgan fingerprint density at radius 3 is 1.34 bits per heavy atom. The lowest BCUT2D eigenvalue weighted by Gasteiger charge is -2.20. The second kappa shape index (κ2) is 30.4. The van der Waals surface area contributed by atoms with Gasteiger partial charge in [-0.3, -0.25) is 14.4 Å². The van der Waals surface area contributed by atoms with Crippen molar-refractivity contribution in [2.45, 2.75) is 119 Å². The first kappa shape index (κ1) is 53.9. The molecule has 2 amide bonds. The highest BCUT2D eigenvalue weighted by molar-refractivity contribution is 5.85. The van der Waals surface area contributed by atoms with Gasteiger partial charge in [0.15, 0.2) is 0 Å². The standard InChI is InChI=1S/C11H21NO4.C8H17NO3.C5H12N2O2.C3H6O2.2ClH/c1-6-9(13)15-8(2)7-12-10(14)16-11(3,4)5;1-6(10)5-9-7(11)12-8(2,3)4;1-4(2-6)9-5(8)3-7;1-2-3(4)5;;/h8H,6-7H2,1-5H3,(H,12,14);6,10H,5H2,1-4H3,(H,9,11);4H,2-3,6-7H2,1H3;2H2,1H3,(H,4,5);2*1H. The maximum Gasteiger partial charge on any atom is 0.407 e. The number of aliphatic hydroxyl groups excluding tert-OH is 1. The summed E-state index contributed by atoms with van der Waals surface area (Å²) in [4.78, 5) is 52.8. The molecular formula is C27H58Cl2N4O11. The minimum Gasteiger partial charge on any atom is -0.481 e. The van der Waals surface area contributed by atoms with E-state index < -0.39 is 41.4 Å². The van der Waals surface area contributed by atoms with Gasteiger partial charge in [0.25, 0.3) is 0 Å². The molecule has 3 atom stereocenters. The van der Waals surface area contributed by atoms with Gasteiger partial charge in [0, 0.05) is 25.9 Å². The second-order valence-corrected chi connectivity index (χ2v) is 10.8. The number of hydrogen-bond donors (Lipinski definition) is 6. The van der Waals surface area contributed by atoms with Crippen LogP contribution in [0.15, 0.2) is 0 Å². The van der Waals surface area contributed by atoms with Crippen LogP contribution in [0.3, 0.4) is 0 Å². The topological polar surface area (TPSA) is 239 Å². The number of nitrogens with one attached hydrogen (secondary N) is 2. The van der Waals surface area contributed by atoms with E-state index >= 15 is 0 Å². The average molecular weight is 686 g/mol. The van der Waals surface area contributed by atoms with Crippen molar-refractivity contribution in [2.24, 2.45) is 11.5 Å². The fourth-order valence-electron chi connectivity index (χ4n) is 1.76. The predicted molar refractivity (Wildman–Crippen MR) is 172 cm³/mol. The van der Waals surface area contributed by atoms with Crippen molar-refractivity contribution in [3.63, 3.8) is 0 Å². The summed E-state index contributed by atoms with van der Waals surface area (Å²) in [5.74, 6) is -1.43. The van der Waals surface area contributed by atoms with E-state index in [9.17, 15) is 24.0 Å². The van der Waals surface area contributed by atoms with Gasteiger partial charge in [-0.1, -0.05) is 13.8 Å². The third-order valence-corrected chi connectivity index (χ3v) is 3.63. The summed E-state index contributed by atoms with van der Waals surface area (Å²) >= 11 is 0. The van der Waals surface area contributed by atoms with Gasteiger partial charge in [0.1, 0.15) is 23.4 Å². The predicted octanol–water partition coefficient (Wildman–Crippen LogP) is 2.90. The third kappa shape index (κ3) is 52.1. The number of halogens is 2. The van der Waals surface area contributed by atoms with Crippen LogP contribution in [0.2, 0.25) is 0 Å². The average Bonchev–Trinajstić information content (AvgIpc) is 2.85. The highest BCUT2D eigenvalue weighted by Crippen LogP contribution is 2.07. The van der Waals surface area contributed by atoms with E-state index in [4.69, 9.17) is 35.9 Å². The fourth-order valence-corrected chi connectivity index (χ4v) is 1.76. The van der Waals surface area contributed by atoms with E-state index in [0.717, 1.165) is 0 Å². The first-order valence-electron chi connectivity index (χ1n) is 13.7. The van der Waals surface area contributed by atoms with E-state index in [2.05, 4.69) is 15.4 Å². The molecule has 0 heterocycles. The molecule has 0 aliphatic carbocycles. The molecule has 0 aliphatic heterocycles. The number of aliphatic carboxylic acids is 1. The van der Waals surface area contributed by atoms with E-state index in [1.807, 2.05) is 0 Å². The molecule has 0 fully saturated rings. The molecular weight excluding hydrogens is 627 g/mol. The molecule has 0 aromatic rings. The molecule has 15 nitrogen and oxygen atoms in total. The highest BCUT2D eigenvalue weighted by atomic mass is 35.5. The van der Waals surface area contributed by atoms with Crippen LogP contribution in [-0.4, -0.2) is 96.0 Å². The van der Waals surface area contributed by atoms with Gasteiger partial charge in [-0.05, 0) is 62.3 Å². The Kier molecular flexibility index (Phi) is 37.3. The molecule has 44 heavy (non-hydrogen) atoms. The number of carboxylic acids is 1. The number of aliphatic hydroxyl groups is 1. The summed E-state index contributed by atoms with van der Waals surface area (Å²) in [5, 5.41) is 21.5. The third-order valence-electron chi connectivity index (χ3n) is 3.63. The van der Waals surface area contributed by atoms with E-state index in [1.54, 1.807) is 76.2 Å². The molecule has 0 bridgehead atoms. The zero-order valence-electron chi connectivity index (χ0n) is 28.0. The molecule has 3 unspecified atom stereocenters. The number of amides is 2. The summed E-state index contributed by atoms with van der Waals surface area (Å²) in [7, 11) is 0. The van der Waals surface area contributed by atoms with Crippen LogP contribution >= 0.6 is 24.8 Å². The molecule has 17 heteroatoms. The monoisotopic (exact) mass is 684 g/mol. The van der Waals surface area contributed by atoms with E-state index in [0.29, 0.717) is 13.0 Å². The molecule has 0 radical (unpaired) electrons. The second-order valence-electron chi connectivity index (χ2n) is 10.8. The maximum atomic E-state index is 11.2. The number of rotatable bonds is 10. The molecule has 0 saturated heterocycles. The van der Waals surface area contributed by atoms with Crippen molar-refractivity contribution in [3.05, 3.63) is 0 Å². The summed E-state index contributed by atoms with van der Waals surface area (Å²) in [6.45, 7) is 19.8. The Morgan fingerprint density at radius 1 is 0.705 bits per heavy atom. The van der Waals surface area contributed by atoms with Crippen LogP contribution in [0.25, 0.3) is 0 Å². The minimum atomic E-state index is -0.745. The quantitative estimate of drug-likeness (QED) is 0.143. The molecule has 0 spiro atoms. The van der Waals surface area contributed by atoms with Crippen LogP contribution in [0.1, 0.15) is 89.0 Å². The first-order valence-corrected chi connectivity index (χ1v) is 13.7.